The molecule has 6 nitrogen and oxygen atoms in total. The van der Waals surface area contributed by atoms with Gasteiger partial charge in [0.25, 0.3) is 5.91 Å². The number of aromatic hydroxyl groups is 1. The number of nitrogens with two attached hydrogens (primary N) is 1. The topological polar surface area (TPSA) is 94.0 Å². The number of phenols is 1. The van der Waals surface area contributed by atoms with Crippen LogP contribution in [0.4, 0.5) is 0 Å². The van der Waals surface area contributed by atoms with Crippen LogP contribution in [0.3, 0.4) is 0 Å². The molecule has 2 aromatic heterocycles. The fourth-order valence-corrected chi connectivity index (χ4v) is 2.25. The van der Waals surface area contributed by atoms with Gasteiger partial charge >= 0.3 is 0 Å². The van der Waals surface area contributed by atoms with Crippen molar-refractivity contribution in [2.75, 3.05) is 0 Å². The first-order valence-corrected chi connectivity index (χ1v) is 6.62. The molecule has 3 N–H and O–H groups in total. The molecule has 2 heterocycles. The van der Waals surface area contributed by atoms with Crippen LogP contribution in [0.1, 0.15) is 10.4 Å². The number of nitrogens with zero attached hydrogens (tertiary/aromatic N) is 3. The van der Waals surface area contributed by atoms with Gasteiger partial charge in [-0.1, -0.05) is 6.07 Å². The van der Waals surface area contributed by atoms with Crippen LogP contribution in [0, 0.1) is 0 Å². The van der Waals surface area contributed by atoms with Crippen molar-refractivity contribution in [2.45, 2.75) is 0 Å². The standard InChI is InChI=1S/C16H14N4O2/c1-20-9-13(8-19-20)12-4-11(6-18-7-12)10-2-3-14(16(17)22)15(21)5-10/h2-9,21H,1H3,(H2,17,22). The summed E-state index contributed by atoms with van der Waals surface area (Å²) >= 11 is 0. The summed E-state index contributed by atoms with van der Waals surface area (Å²) in [5.74, 6) is -0.803. The Labute approximate surface area is 126 Å². The molecule has 0 unspecified atom stereocenters. The van der Waals surface area contributed by atoms with E-state index in [1.165, 1.54) is 12.1 Å². The van der Waals surface area contributed by atoms with Gasteiger partial charge in [-0.25, -0.2) is 0 Å². The lowest BCUT2D eigenvalue weighted by Crippen LogP contribution is -2.10. The number of aryl methyl sites for hydroxylation is 1. The molecule has 1 aromatic carbocycles. The zero-order valence-corrected chi connectivity index (χ0v) is 11.9. The zero-order valence-electron chi connectivity index (χ0n) is 11.9. The largest absolute Gasteiger partial charge is 0.507 e. The number of benzene rings is 1. The minimum Gasteiger partial charge on any atom is -0.507 e. The van der Waals surface area contributed by atoms with Crippen LogP contribution in [0.2, 0.25) is 0 Å². The lowest BCUT2D eigenvalue weighted by atomic mass is 10.0. The average Bonchev–Trinajstić information content (AvgIpc) is 2.93. The highest BCUT2D eigenvalue weighted by Gasteiger charge is 2.10. The van der Waals surface area contributed by atoms with Gasteiger partial charge in [-0.2, -0.15) is 5.10 Å². The second-order valence-corrected chi connectivity index (χ2v) is 4.96. The van der Waals surface area contributed by atoms with E-state index in [9.17, 15) is 9.90 Å². The smallest absolute Gasteiger partial charge is 0.252 e. The zero-order chi connectivity index (χ0) is 15.7. The molecule has 110 valence electrons. The van der Waals surface area contributed by atoms with Crippen LogP contribution in [-0.4, -0.2) is 25.8 Å². The fraction of sp³-hybridized carbons (Fsp3) is 0.0625. The molecule has 0 aliphatic carbocycles. The number of carbonyl (C=O) groups excluding carboxylic acids is 1. The van der Waals surface area contributed by atoms with Crippen LogP contribution in [-0.2, 0) is 7.05 Å². The summed E-state index contributed by atoms with van der Waals surface area (Å²) in [6.45, 7) is 0. The number of aromatic nitrogens is 3. The van der Waals surface area contributed by atoms with E-state index < -0.39 is 5.91 Å². The predicted molar refractivity (Wildman–Crippen MR) is 82.1 cm³/mol. The summed E-state index contributed by atoms with van der Waals surface area (Å²) in [7, 11) is 1.85. The van der Waals surface area contributed by atoms with Crippen LogP contribution in [0.15, 0.2) is 49.1 Å². The Kier molecular flexibility index (Phi) is 3.34. The van der Waals surface area contributed by atoms with E-state index in [4.69, 9.17) is 5.73 Å². The summed E-state index contributed by atoms with van der Waals surface area (Å²) < 4.78 is 1.72. The Morgan fingerprint density at radius 2 is 1.82 bits per heavy atom. The first-order valence-electron chi connectivity index (χ1n) is 6.62. The number of hydrogen-bond donors (Lipinski definition) is 2. The second-order valence-electron chi connectivity index (χ2n) is 4.96. The second kappa shape index (κ2) is 5.33. The Balaban J connectivity index is 2.02. The van der Waals surface area contributed by atoms with Crippen LogP contribution < -0.4 is 5.73 Å². The van der Waals surface area contributed by atoms with Crippen molar-refractivity contribution in [3.05, 3.63) is 54.6 Å². The molecule has 3 aromatic rings. The molecule has 0 saturated carbocycles. The SMILES string of the molecule is Cn1cc(-c2cncc(-c3ccc(C(N)=O)c(O)c3)c2)cn1. The maximum absolute atomic E-state index is 11.2. The van der Waals surface area contributed by atoms with Gasteiger partial charge in [0.05, 0.1) is 11.8 Å². The van der Waals surface area contributed by atoms with E-state index in [0.29, 0.717) is 0 Å². The summed E-state index contributed by atoms with van der Waals surface area (Å²) in [5, 5.41) is 14.0. The minimum absolute atomic E-state index is 0.0973. The number of rotatable bonds is 3. The third-order valence-electron chi connectivity index (χ3n) is 3.37. The molecule has 0 bridgehead atoms. The normalized spacial score (nSPS) is 10.6. The number of carbonyl (C=O) groups is 1. The van der Waals surface area contributed by atoms with Crippen molar-refractivity contribution in [3.8, 4) is 28.0 Å². The number of hydrogen-bond acceptors (Lipinski definition) is 4. The van der Waals surface area contributed by atoms with Crippen LogP contribution in [0.5, 0.6) is 5.75 Å². The first kappa shape index (κ1) is 13.8. The molecule has 0 fully saturated rings. The minimum atomic E-state index is -0.661. The summed E-state index contributed by atoms with van der Waals surface area (Å²) in [5.41, 5.74) is 8.73. The first-order chi connectivity index (χ1) is 10.5. The average molecular weight is 294 g/mol. The summed E-state index contributed by atoms with van der Waals surface area (Å²) in [6, 6.07) is 6.68. The molecule has 0 spiro atoms. The van der Waals surface area contributed by atoms with Gasteiger partial charge in [0.2, 0.25) is 0 Å². The van der Waals surface area contributed by atoms with Crippen molar-refractivity contribution in [2.24, 2.45) is 12.8 Å². The van der Waals surface area contributed by atoms with Gasteiger partial charge in [0.1, 0.15) is 5.75 Å². The Morgan fingerprint density at radius 3 is 2.41 bits per heavy atom. The van der Waals surface area contributed by atoms with Crippen LogP contribution in [0.25, 0.3) is 22.3 Å². The van der Waals surface area contributed by atoms with Gasteiger partial charge in [0, 0.05) is 42.3 Å². The van der Waals surface area contributed by atoms with Crippen molar-refractivity contribution in [1.29, 1.82) is 0 Å². The highest BCUT2D eigenvalue weighted by molar-refractivity contribution is 5.96. The van der Waals surface area contributed by atoms with Gasteiger partial charge in [-0.05, 0) is 23.8 Å². The predicted octanol–water partition coefficient (Wildman–Crippen LogP) is 1.95. The van der Waals surface area contributed by atoms with E-state index >= 15 is 0 Å². The van der Waals surface area contributed by atoms with Crippen molar-refractivity contribution in [3.63, 3.8) is 0 Å². The summed E-state index contributed by atoms with van der Waals surface area (Å²) in [6.07, 6.45) is 7.10. The molecule has 0 radical (unpaired) electrons. The molecule has 1 amide bonds. The molecule has 0 aliphatic heterocycles. The summed E-state index contributed by atoms with van der Waals surface area (Å²) in [4.78, 5) is 15.4. The van der Waals surface area contributed by atoms with Gasteiger partial charge in [-0.3, -0.25) is 14.5 Å². The third-order valence-corrected chi connectivity index (χ3v) is 3.37. The lowest BCUT2D eigenvalue weighted by molar-refractivity contribution is 0.0998. The Bertz CT molecular complexity index is 855. The molecular formula is C16H14N4O2. The van der Waals surface area contributed by atoms with Gasteiger partial charge < -0.3 is 10.8 Å². The maximum atomic E-state index is 11.2. The fourth-order valence-electron chi connectivity index (χ4n) is 2.25. The van der Waals surface area contributed by atoms with Gasteiger partial charge in [0.15, 0.2) is 0 Å². The van der Waals surface area contributed by atoms with Crippen molar-refractivity contribution in [1.82, 2.24) is 14.8 Å². The Hall–Kier alpha value is -3.15. The van der Waals surface area contributed by atoms with Crippen LogP contribution >= 0.6 is 0 Å². The van der Waals surface area contributed by atoms with E-state index in [0.717, 1.165) is 22.3 Å². The lowest BCUT2D eigenvalue weighted by Gasteiger charge is -2.06. The quantitative estimate of drug-likeness (QED) is 0.772. The molecule has 0 saturated heterocycles. The van der Waals surface area contributed by atoms with Crippen molar-refractivity contribution >= 4 is 5.91 Å². The highest BCUT2D eigenvalue weighted by Crippen LogP contribution is 2.28. The third kappa shape index (κ3) is 2.54. The molecule has 6 heteroatoms. The van der Waals surface area contributed by atoms with E-state index in [1.54, 1.807) is 29.3 Å². The van der Waals surface area contributed by atoms with Gasteiger partial charge in [-0.15, -0.1) is 0 Å². The highest BCUT2D eigenvalue weighted by atomic mass is 16.3. The van der Waals surface area contributed by atoms with E-state index in [1.807, 2.05) is 19.3 Å². The number of pyridine rings is 1. The molecule has 22 heavy (non-hydrogen) atoms. The molecule has 0 atom stereocenters. The Morgan fingerprint density at radius 1 is 1.09 bits per heavy atom. The monoisotopic (exact) mass is 294 g/mol. The van der Waals surface area contributed by atoms with E-state index in [2.05, 4.69) is 10.1 Å². The number of amides is 1. The number of primary amides is 1. The molecule has 0 aliphatic rings. The van der Waals surface area contributed by atoms with E-state index in [-0.39, 0.29) is 11.3 Å². The molecular weight excluding hydrogens is 280 g/mol. The van der Waals surface area contributed by atoms with Crippen molar-refractivity contribution < 1.29 is 9.90 Å². The molecule has 3 rings (SSSR count). The maximum Gasteiger partial charge on any atom is 0.252 e.